The Labute approximate surface area is 206 Å². The molecule has 0 atom stereocenters. The molecule has 3 N–H and O–H groups in total. The molecule has 0 aliphatic carbocycles. The standard InChI is InChI=1S/C28H24F3N3O2/c1-18-5-14-24(19-6-8-20(9-7-19)28(29,30)31)25(17-18)27(35)34-22-10-12-23(13-11-22)36-16-15-21-3-2-4-26(32)33-21/h2-14,17H,15-16H2,1H3,(H2,32,33)(H,34,35). The Bertz CT molecular complexity index is 1350. The van der Waals surface area contributed by atoms with E-state index in [1.54, 1.807) is 42.5 Å². The molecule has 0 spiro atoms. The highest BCUT2D eigenvalue weighted by atomic mass is 19.4. The number of ether oxygens (including phenoxy) is 1. The van der Waals surface area contributed by atoms with Gasteiger partial charge in [0.05, 0.1) is 12.2 Å². The van der Waals surface area contributed by atoms with Gasteiger partial charge in [-0.15, -0.1) is 0 Å². The fraction of sp³-hybridized carbons (Fsp3) is 0.143. The van der Waals surface area contributed by atoms with Gasteiger partial charge in [-0.2, -0.15) is 13.2 Å². The van der Waals surface area contributed by atoms with E-state index in [4.69, 9.17) is 10.5 Å². The molecule has 0 radical (unpaired) electrons. The summed E-state index contributed by atoms with van der Waals surface area (Å²) in [5.74, 6) is 0.732. The quantitative estimate of drug-likeness (QED) is 0.308. The first-order chi connectivity index (χ1) is 17.2. The average molecular weight is 492 g/mol. The number of carbonyl (C=O) groups excluding carboxylic acids is 1. The summed E-state index contributed by atoms with van der Waals surface area (Å²) in [4.78, 5) is 17.3. The van der Waals surface area contributed by atoms with Gasteiger partial charge < -0.3 is 15.8 Å². The van der Waals surface area contributed by atoms with Crippen molar-refractivity contribution in [2.24, 2.45) is 0 Å². The van der Waals surface area contributed by atoms with E-state index >= 15 is 0 Å². The normalized spacial score (nSPS) is 11.2. The van der Waals surface area contributed by atoms with Crippen molar-refractivity contribution in [3.8, 4) is 16.9 Å². The largest absolute Gasteiger partial charge is 0.493 e. The highest BCUT2D eigenvalue weighted by Gasteiger charge is 2.30. The minimum absolute atomic E-state index is 0.365. The number of nitrogens with two attached hydrogens (primary N) is 1. The van der Waals surface area contributed by atoms with Crippen molar-refractivity contribution < 1.29 is 22.7 Å². The van der Waals surface area contributed by atoms with Gasteiger partial charge in [-0.25, -0.2) is 4.98 Å². The molecule has 0 aliphatic rings. The maximum absolute atomic E-state index is 13.1. The summed E-state index contributed by atoms with van der Waals surface area (Å²) < 4.78 is 44.5. The summed E-state index contributed by atoms with van der Waals surface area (Å²) in [6.07, 6.45) is -3.82. The molecule has 0 unspecified atom stereocenters. The molecule has 0 saturated heterocycles. The van der Waals surface area contributed by atoms with E-state index in [-0.39, 0.29) is 5.91 Å². The molecule has 4 rings (SSSR count). The van der Waals surface area contributed by atoms with Crippen LogP contribution in [0.15, 0.2) is 84.9 Å². The molecule has 36 heavy (non-hydrogen) atoms. The fourth-order valence-corrected chi connectivity index (χ4v) is 3.68. The third-order valence-corrected chi connectivity index (χ3v) is 5.51. The topological polar surface area (TPSA) is 77.2 Å². The van der Waals surface area contributed by atoms with E-state index in [9.17, 15) is 18.0 Å². The number of anilines is 2. The third kappa shape index (κ3) is 6.21. The second-order valence-corrected chi connectivity index (χ2v) is 8.25. The number of aryl methyl sites for hydroxylation is 1. The van der Waals surface area contributed by atoms with Gasteiger partial charge in [-0.05, 0) is 72.6 Å². The van der Waals surface area contributed by atoms with Crippen molar-refractivity contribution in [2.75, 3.05) is 17.7 Å². The number of aromatic nitrogens is 1. The second kappa shape index (κ2) is 10.5. The van der Waals surface area contributed by atoms with Crippen molar-refractivity contribution >= 4 is 17.4 Å². The number of pyridine rings is 1. The molecule has 8 heteroatoms. The minimum atomic E-state index is -4.42. The molecule has 1 aromatic heterocycles. The Kier molecular flexibility index (Phi) is 7.24. The molecule has 0 fully saturated rings. The number of nitrogens with zero attached hydrogens (tertiary/aromatic N) is 1. The van der Waals surface area contributed by atoms with Crippen molar-refractivity contribution in [3.05, 3.63) is 107 Å². The molecule has 5 nitrogen and oxygen atoms in total. The van der Waals surface area contributed by atoms with E-state index in [2.05, 4.69) is 10.3 Å². The zero-order valence-corrected chi connectivity index (χ0v) is 19.5. The van der Waals surface area contributed by atoms with E-state index in [0.29, 0.717) is 47.0 Å². The second-order valence-electron chi connectivity index (χ2n) is 8.25. The Morgan fingerprint density at radius 2 is 1.69 bits per heavy atom. The first kappa shape index (κ1) is 24.8. The molecule has 4 aromatic rings. The number of nitrogen functional groups attached to an aromatic ring is 1. The van der Waals surface area contributed by atoms with Crippen LogP contribution in [0.5, 0.6) is 5.75 Å². The van der Waals surface area contributed by atoms with E-state index in [0.717, 1.165) is 23.4 Å². The van der Waals surface area contributed by atoms with E-state index < -0.39 is 11.7 Å². The number of rotatable bonds is 7. The zero-order valence-electron chi connectivity index (χ0n) is 19.5. The summed E-state index contributed by atoms with van der Waals surface area (Å²) >= 11 is 0. The third-order valence-electron chi connectivity index (χ3n) is 5.51. The molecule has 184 valence electrons. The van der Waals surface area contributed by atoms with Crippen LogP contribution in [0.4, 0.5) is 24.7 Å². The van der Waals surface area contributed by atoms with Gasteiger partial charge in [0.1, 0.15) is 11.6 Å². The van der Waals surface area contributed by atoms with Crippen molar-refractivity contribution in [2.45, 2.75) is 19.5 Å². The smallest absolute Gasteiger partial charge is 0.416 e. The number of carbonyl (C=O) groups is 1. The maximum atomic E-state index is 13.1. The molecule has 0 bridgehead atoms. The number of nitrogens with one attached hydrogen (secondary N) is 1. The Balaban J connectivity index is 1.43. The lowest BCUT2D eigenvalue weighted by molar-refractivity contribution is -0.137. The van der Waals surface area contributed by atoms with Crippen LogP contribution in [0, 0.1) is 6.92 Å². The molecular formula is C28H24F3N3O2. The summed E-state index contributed by atoms with van der Waals surface area (Å²) in [5.41, 5.74) is 8.62. The molecule has 0 saturated carbocycles. The fourth-order valence-electron chi connectivity index (χ4n) is 3.68. The summed E-state index contributed by atoms with van der Waals surface area (Å²) in [5, 5.41) is 2.85. The maximum Gasteiger partial charge on any atom is 0.416 e. The van der Waals surface area contributed by atoms with Crippen LogP contribution in [-0.4, -0.2) is 17.5 Å². The van der Waals surface area contributed by atoms with Crippen LogP contribution in [0.2, 0.25) is 0 Å². The van der Waals surface area contributed by atoms with Gasteiger partial charge in [0.15, 0.2) is 0 Å². The Morgan fingerprint density at radius 1 is 0.972 bits per heavy atom. The number of amides is 1. The number of halogens is 3. The lowest BCUT2D eigenvalue weighted by Crippen LogP contribution is -2.13. The number of alkyl halides is 3. The van der Waals surface area contributed by atoms with Gasteiger partial charge in [-0.1, -0.05) is 35.9 Å². The van der Waals surface area contributed by atoms with Crippen LogP contribution in [0.1, 0.15) is 27.2 Å². The molecule has 0 aliphatic heterocycles. The summed E-state index contributed by atoms with van der Waals surface area (Å²) in [6, 6.07) is 22.4. The SMILES string of the molecule is Cc1ccc(-c2ccc(C(F)(F)F)cc2)c(C(=O)Nc2ccc(OCCc3cccc(N)n3)cc2)c1. The Hall–Kier alpha value is -4.33. The predicted molar refractivity (Wildman–Crippen MR) is 134 cm³/mol. The van der Waals surface area contributed by atoms with Crippen LogP contribution >= 0.6 is 0 Å². The zero-order chi connectivity index (χ0) is 25.7. The molecule has 3 aromatic carbocycles. The van der Waals surface area contributed by atoms with Crippen molar-refractivity contribution in [3.63, 3.8) is 0 Å². The number of hydrogen-bond acceptors (Lipinski definition) is 4. The number of benzene rings is 3. The van der Waals surface area contributed by atoms with Gasteiger partial charge in [0, 0.05) is 23.4 Å². The van der Waals surface area contributed by atoms with Gasteiger partial charge in [0.2, 0.25) is 0 Å². The van der Waals surface area contributed by atoms with Crippen molar-refractivity contribution in [1.29, 1.82) is 0 Å². The summed E-state index contributed by atoms with van der Waals surface area (Å²) in [6.45, 7) is 2.26. The minimum Gasteiger partial charge on any atom is -0.493 e. The first-order valence-electron chi connectivity index (χ1n) is 11.2. The highest BCUT2D eigenvalue weighted by molar-refractivity contribution is 6.08. The van der Waals surface area contributed by atoms with Gasteiger partial charge in [-0.3, -0.25) is 4.79 Å². The predicted octanol–water partition coefficient (Wildman–Crippen LogP) is 6.53. The molecule has 1 heterocycles. The molecular weight excluding hydrogens is 467 g/mol. The average Bonchev–Trinajstić information content (AvgIpc) is 2.85. The lowest BCUT2D eigenvalue weighted by Gasteiger charge is -2.13. The highest BCUT2D eigenvalue weighted by Crippen LogP contribution is 2.32. The van der Waals surface area contributed by atoms with Crippen LogP contribution < -0.4 is 15.8 Å². The Morgan fingerprint density at radius 3 is 2.36 bits per heavy atom. The van der Waals surface area contributed by atoms with Crippen LogP contribution in [0.3, 0.4) is 0 Å². The van der Waals surface area contributed by atoms with Gasteiger partial charge in [0.25, 0.3) is 5.91 Å². The van der Waals surface area contributed by atoms with Crippen LogP contribution in [-0.2, 0) is 12.6 Å². The van der Waals surface area contributed by atoms with E-state index in [1.807, 2.05) is 25.1 Å². The lowest BCUT2D eigenvalue weighted by atomic mass is 9.96. The van der Waals surface area contributed by atoms with Crippen molar-refractivity contribution in [1.82, 2.24) is 4.98 Å². The van der Waals surface area contributed by atoms with Crippen LogP contribution in [0.25, 0.3) is 11.1 Å². The van der Waals surface area contributed by atoms with Gasteiger partial charge >= 0.3 is 6.18 Å². The molecule has 1 amide bonds. The first-order valence-corrected chi connectivity index (χ1v) is 11.2. The summed E-state index contributed by atoms with van der Waals surface area (Å²) in [7, 11) is 0. The van der Waals surface area contributed by atoms with E-state index in [1.165, 1.54) is 12.1 Å². The number of hydrogen-bond donors (Lipinski definition) is 2. The monoisotopic (exact) mass is 491 g/mol.